The molecular weight excluding hydrogens is 524 g/mol. The summed E-state index contributed by atoms with van der Waals surface area (Å²) in [5.74, 6) is -6.93. The lowest BCUT2D eigenvalue weighted by atomic mass is 10.1. The Morgan fingerprint density at radius 1 is 0.639 bits per heavy atom. The Balaban J connectivity index is 1.47. The highest BCUT2D eigenvalue weighted by Gasteiger charge is 2.42. The molecule has 2 aromatic carbocycles. The molecule has 194 valence electrons. The van der Waals surface area contributed by atoms with Crippen LogP contribution in [0, 0.1) is 0 Å². The van der Waals surface area contributed by atoms with E-state index < -0.39 is 63.6 Å². The molecule has 2 aromatic rings. The van der Waals surface area contributed by atoms with Gasteiger partial charge >= 0.3 is 0 Å². The van der Waals surface area contributed by atoms with Gasteiger partial charge in [-0.1, -0.05) is 12.1 Å². The lowest BCUT2D eigenvalue weighted by Gasteiger charge is -2.31. The van der Waals surface area contributed by atoms with E-state index in [0.717, 1.165) is 12.1 Å². The van der Waals surface area contributed by atoms with Crippen molar-refractivity contribution in [3.05, 3.63) is 47.5 Å². The van der Waals surface area contributed by atoms with Gasteiger partial charge in [0.1, 0.15) is 0 Å². The molecule has 3 aliphatic rings. The van der Waals surface area contributed by atoms with Gasteiger partial charge in [0, 0.05) is 37.1 Å². The van der Waals surface area contributed by atoms with Crippen LogP contribution in [0.2, 0.25) is 0 Å². The van der Waals surface area contributed by atoms with Crippen LogP contribution in [0.4, 0.5) is 17.6 Å². The van der Waals surface area contributed by atoms with Crippen LogP contribution >= 0.6 is 0 Å². The topological polar surface area (TPSA) is 91.8 Å². The summed E-state index contributed by atoms with van der Waals surface area (Å²) in [5.41, 5.74) is 0.723. The van der Waals surface area contributed by atoms with Crippen molar-refractivity contribution in [2.75, 3.05) is 26.2 Å². The maximum Gasteiger partial charge on any atom is 0.261 e. The van der Waals surface area contributed by atoms with Crippen molar-refractivity contribution in [2.24, 2.45) is 0 Å². The zero-order chi connectivity index (χ0) is 26.1. The molecule has 0 N–H and O–H groups in total. The molecule has 0 bridgehead atoms. The molecule has 2 heterocycles. The molecule has 2 saturated heterocycles. The molecule has 36 heavy (non-hydrogen) atoms. The van der Waals surface area contributed by atoms with Gasteiger partial charge in [-0.25, -0.2) is 34.4 Å². The van der Waals surface area contributed by atoms with Gasteiger partial charge in [-0.2, -0.15) is 8.61 Å². The van der Waals surface area contributed by atoms with Crippen LogP contribution in [0.3, 0.4) is 0 Å². The first-order valence-corrected chi connectivity index (χ1v) is 14.2. The summed E-state index contributed by atoms with van der Waals surface area (Å²) in [5, 5.41) is 0. The van der Waals surface area contributed by atoms with Gasteiger partial charge in [0.2, 0.25) is 20.0 Å². The average Bonchev–Trinajstić information content (AvgIpc) is 3.09. The largest absolute Gasteiger partial charge is 0.289 e. The van der Waals surface area contributed by atoms with E-state index in [9.17, 15) is 39.2 Å². The van der Waals surface area contributed by atoms with Gasteiger partial charge in [0.25, 0.3) is 11.8 Å². The Kier molecular flexibility index (Phi) is 5.86. The second kappa shape index (κ2) is 8.33. The minimum Gasteiger partial charge on any atom is -0.289 e. The Hall–Kier alpha value is -2.35. The van der Waals surface area contributed by atoms with E-state index >= 15 is 0 Å². The second-order valence-corrected chi connectivity index (χ2v) is 13.2. The van der Waals surface area contributed by atoms with E-state index in [0.29, 0.717) is 19.7 Å². The molecule has 0 aromatic heterocycles. The fraction of sp³-hybridized carbons (Fsp3) is 0.435. The van der Waals surface area contributed by atoms with Crippen LogP contribution in [0.15, 0.2) is 46.2 Å². The summed E-state index contributed by atoms with van der Waals surface area (Å²) in [7, 11) is -8.59. The number of halogens is 4. The van der Waals surface area contributed by atoms with Crippen LogP contribution in [0.5, 0.6) is 0 Å². The van der Waals surface area contributed by atoms with Gasteiger partial charge in [-0.15, -0.1) is 0 Å². The van der Waals surface area contributed by atoms with Crippen LogP contribution < -0.4 is 0 Å². The van der Waals surface area contributed by atoms with Crippen LogP contribution in [0.25, 0.3) is 11.1 Å². The van der Waals surface area contributed by atoms with E-state index in [1.165, 1.54) is 24.3 Å². The maximum atomic E-state index is 13.8. The van der Waals surface area contributed by atoms with Crippen molar-refractivity contribution in [1.82, 2.24) is 8.61 Å². The van der Waals surface area contributed by atoms with Crippen molar-refractivity contribution in [3.8, 4) is 11.1 Å². The number of carbonyl (C=O) groups is 1. The predicted molar refractivity (Wildman–Crippen MR) is 121 cm³/mol. The maximum absolute atomic E-state index is 13.8. The Bertz CT molecular complexity index is 1370. The minimum absolute atomic E-state index is 0.00173. The molecule has 0 saturated carbocycles. The van der Waals surface area contributed by atoms with E-state index in [-0.39, 0.29) is 46.8 Å². The van der Waals surface area contributed by atoms with E-state index in [2.05, 4.69) is 0 Å². The van der Waals surface area contributed by atoms with Gasteiger partial charge < -0.3 is 0 Å². The first kappa shape index (κ1) is 25.3. The predicted octanol–water partition coefficient (Wildman–Crippen LogP) is 3.74. The normalized spacial score (nSPS) is 22.3. The molecule has 1 aliphatic carbocycles. The number of piperidine rings is 2. The smallest absolute Gasteiger partial charge is 0.261 e. The number of hydrogen-bond acceptors (Lipinski definition) is 5. The minimum atomic E-state index is -4.29. The molecule has 5 rings (SSSR count). The van der Waals surface area contributed by atoms with Crippen molar-refractivity contribution in [3.63, 3.8) is 0 Å². The number of hydrogen-bond donors (Lipinski definition) is 0. The first-order chi connectivity index (χ1) is 16.7. The Morgan fingerprint density at radius 2 is 1.03 bits per heavy atom. The van der Waals surface area contributed by atoms with Gasteiger partial charge in [-0.05, 0) is 48.2 Å². The Morgan fingerprint density at radius 3 is 1.39 bits per heavy atom. The Labute approximate surface area is 205 Å². The van der Waals surface area contributed by atoms with Crippen molar-refractivity contribution >= 4 is 25.8 Å². The molecular formula is C23H22F4N2O5S2. The highest BCUT2D eigenvalue weighted by molar-refractivity contribution is 7.89. The third-order valence-corrected chi connectivity index (χ3v) is 10.4. The number of carbonyl (C=O) groups excluding carboxylic acids is 1. The van der Waals surface area contributed by atoms with E-state index in [1.54, 1.807) is 0 Å². The van der Waals surface area contributed by atoms with Crippen LogP contribution in [-0.2, 0) is 20.0 Å². The monoisotopic (exact) mass is 546 g/mol. The number of benzene rings is 2. The quantitative estimate of drug-likeness (QED) is 0.465. The number of rotatable bonds is 4. The molecule has 0 radical (unpaired) electrons. The number of fused-ring (bicyclic) bond motifs is 3. The summed E-state index contributed by atoms with van der Waals surface area (Å²) in [6.45, 7) is -2.03. The lowest BCUT2D eigenvalue weighted by Crippen LogP contribution is -2.45. The highest BCUT2D eigenvalue weighted by atomic mass is 32.2. The summed E-state index contributed by atoms with van der Waals surface area (Å²) in [6, 6.07) is 7.44. The third-order valence-electron chi connectivity index (χ3n) is 6.75. The van der Waals surface area contributed by atoms with Gasteiger partial charge in [0.05, 0.1) is 22.9 Å². The third kappa shape index (κ3) is 4.25. The molecule has 2 aliphatic heterocycles. The molecule has 0 atom stereocenters. The van der Waals surface area contributed by atoms with Crippen molar-refractivity contribution in [2.45, 2.75) is 47.3 Å². The van der Waals surface area contributed by atoms with E-state index in [4.69, 9.17) is 0 Å². The summed E-state index contributed by atoms with van der Waals surface area (Å²) in [6.07, 6.45) is -0.807. The van der Waals surface area contributed by atoms with Crippen molar-refractivity contribution in [1.29, 1.82) is 0 Å². The SMILES string of the molecule is O=C1c2cc(S(=O)(=O)N3CCCC(F)(F)C3)ccc2-c2ccc(S(=O)(=O)N3CCCC(F)(F)C3)cc21. The average molecular weight is 547 g/mol. The second-order valence-electron chi connectivity index (χ2n) is 9.34. The van der Waals surface area contributed by atoms with Crippen LogP contribution in [0.1, 0.15) is 41.6 Å². The molecule has 0 unspecified atom stereocenters. The molecule has 0 spiro atoms. The molecule has 7 nitrogen and oxygen atoms in total. The summed E-state index contributed by atoms with van der Waals surface area (Å²) < 4.78 is 109. The zero-order valence-corrected chi connectivity index (χ0v) is 20.5. The number of sulfonamides is 2. The molecule has 13 heteroatoms. The first-order valence-electron chi connectivity index (χ1n) is 11.3. The van der Waals surface area contributed by atoms with Crippen LogP contribution in [-0.4, -0.2) is 69.3 Å². The highest BCUT2D eigenvalue weighted by Crippen LogP contribution is 2.40. The fourth-order valence-electron chi connectivity index (χ4n) is 4.93. The molecule has 0 amide bonds. The fourth-order valence-corrected chi connectivity index (χ4v) is 7.99. The summed E-state index contributed by atoms with van der Waals surface area (Å²) in [4.78, 5) is 12.5. The standard InChI is InChI=1S/C23H22F4N2O5S2/c24-22(25)7-1-9-28(13-22)35(31,32)15-3-5-17-18-6-4-16(12-20(18)21(30)19(17)11-15)36(33,34)29-10-2-8-23(26,27)14-29/h3-6,11-12H,1-2,7-10,13-14H2. The number of nitrogens with zero attached hydrogens (tertiary/aromatic N) is 2. The number of ketones is 1. The molecule has 2 fully saturated rings. The van der Waals surface area contributed by atoms with E-state index in [1.807, 2.05) is 0 Å². The van der Waals surface area contributed by atoms with Crippen molar-refractivity contribution < 1.29 is 39.2 Å². The number of alkyl halides is 4. The lowest BCUT2D eigenvalue weighted by molar-refractivity contribution is -0.0438. The van der Waals surface area contributed by atoms with Gasteiger partial charge in [-0.3, -0.25) is 4.79 Å². The summed E-state index contributed by atoms with van der Waals surface area (Å²) >= 11 is 0. The van der Waals surface area contributed by atoms with Gasteiger partial charge in [0.15, 0.2) is 5.78 Å². The zero-order valence-electron chi connectivity index (χ0n) is 18.9.